The molecule has 0 fully saturated rings. The summed E-state index contributed by atoms with van der Waals surface area (Å²) in [5, 5.41) is 6.91. The summed E-state index contributed by atoms with van der Waals surface area (Å²) >= 11 is 3.17. The number of anilines is 1. The number of halogens is 1. The number of aryl methyl sites for hydroxylation is 1. The van der Waals surface area contributed by atoms with Gasteiger partial charge in [-0.3, -0.25) is 4.79 Å². The van der Waals surface area contributed by atoms with E-state index >= 15 is 0 Å². The van der Waals surface area contributed by atoms with Crippen LogP contribution in [0.25, 0.3) is 5.82 Å². The van der Waals surface area contributed by atoms with Crippen LogP contribution in [0.3, 0.4) is 0 Å². The van der Waals surface area contributed by atoms with Gasteiger partial charge in [0, 0.05) is 24.1 Å². The van der Waals surface area contributed by atoms with Crippen LogP contribution in [-0.2, 0) is 0 Å². The van der Waals surface area contributed by atoms with Crippen molar-refractivity contribution in [3.05, 3.63) is 77.2 Å². The first-order valence-corrected chi connectivity index (χ1v) is 9.06. The number of aromatic nitrogens is 4. The van der Waals surface area contributed by atoms with E-state index in [1.165, 1.54) is 0 Å². The first-order valence-electron chi connectivity index (χ1n) is 8.27. The zero-order valence-corrected chi connectivity index (χ0v) is 16.3. The van der Waals surface area contributed by atoms with E-state index in [9.17, 15) is 4.79 Å². The molecule has 1 N–H and O–H groups in total. The zero-order valence-electron chi connectivity index (χ0n) is 14.7. The molecular weight excluding hydrogens is 426 g/mol. The number of furan rings is 1. The standard InChI is InChI=1S/C19H14BrN5O3/c1-12-22-17(25-10-2-9-21-25)11-18(23-12)27-14-5-3-13(4-6-14)24-19(26)15-7-8-16(20)28-15/h2-11H,1H3,(H,24,26). The second kappa shape index (κ2) is 7.65. The van der Waals surface area contributed by atoms with Crippen molar-refractivity contribution in [2.75, 3.05) is 5.32 Å². The number of nitrogens with zero attached hydrogens (tertiary/aromatic N) is 4. The number of rotatable bonds is 5. The molecule has 28 heavy (non-hydrogen) atoms. The van der Waals surface area contributed by atoms with Crippen molar-refractivity contribution in [1.82, 2.24) is 19.7 Å². The van der Waals surface area contributed by atoms with Crippen LogP contribution in [0.15, 0.2) is 70.0 Å². The Hall–Kier alpha value is -3.46. The number of carbonyl (C=O) groups is 1. The number of nitrogens with one attached hydrogen (secondary N) is 1. The highest BCUT2D eigenvalue weighted by Gasteiger charge is 2.11. The Labute approximate surface area is 168 Å². The molecule has 0 radical (unpaired) electrons. The summed E-state index contributed by atoms with van der Waals surface area (Å²) in [6.45, 7) is 1.78. The fraction of sp³-hybridized carbons (Fsp3) is 0.0526. The highest BCUT2D eigenvalue weighted by molar-refractivity contribution is 9.10. The molecule has 9 heteroatoms. The van der Waals surface area contributed by atoms with Gasteiger partial charge in [-0.05, 0) is 65.3 Å². The monoisotopic (exact) mass is 439 g/mol. The third kappa shape index (κ3) is 4.09. The Bertz CT molecular complexity index is 1110. The van der Waals surface area contributed by atoms with Crippen molar-refractivity contribution >= 4 is 27.5 Å². The smallest absolute Gasteiger partial charge is 0.291 e. The Morgan fingerprint density at radius 3 is 2.68 bits per heavy atom. The average Bonchev–Trinajstić information content (AvgIpc) is 3.35. The molecule has 0 aliphatic heterocycles. The molecule has 0 saturated heterocycles. The number of amides is 1. The van der Waals surface area contributed by atoms with Gasteiger partial charge in [-0.2, -0.15) is 10.1 Å². The molecule has 3 aromatic heterocycles. The van der Waals surface area contributed by atoms with E-state index in [0.717, 1.165) is 0 Å². The number of hydrogen-bond acceptors (Lipinski definition) is 6. The lowest BCUT2D eigenvalue weighted by Crippen LogP contribution is -2.10. The lowest BCUT2D eigenvalue weighted by Gasteiger charge is -2.09. The number of ether oxygens (including phenoxy) is 1. The van der Waals surface area contributed by atoms with Gasteiger partial charge in [-0.15, -0.1) is 0 Å². The molecule has 0 aliphatic carbocycles. The average molecular weight is 440 g/mol. The normalized spacial score (nSPS) is 10.6. The highest BCUT2D eigenvalue weighted by atomic mass is 79.9. The Morgan fingerprint density at radius 1 is 1.18 bits per heavy atom. The molecule has 1 aromatic carbocycles. The van der Waals surface area contributed by atoms with Crippen LogP contribution in [0.2, 0.25) is 0 Å². The lowest BCUT2D eigenvalue weighted by molar-refractivity contribution is 0.0995. The zero-order chi connectivity index (χ0) is 19.5. The van der Waals surface area contributed by atoms with E-state index in [-0.39, 0.29) is 11.7 Å². The summed E-state index contributed by atoms with van der Waals surface area (Å²) in [6.07, 6.45) is 3.47. The quantitative estimate of drug-likeness (QED) is 0.495. The predicted octanol–water partition coefficient (Wildman–Crippen LogP) is 4.37. The minimum Gasteiger partial charge on any atom is -0.444 e. The van der Waals surface area contributed by atoms with Crippen molar-refractivity contribution in [2.24, 2.45) is 0 Å². The first kappa shape index (κ1) is 17.9. The minimum atomic E-state index is -0.338. The van der Waals surface area contributed by atoms with Gasteiger partial charge in [0.25, 0.3) is 5.91 Å². The summed E-state index contributed by atoms with van der Waals surface area (Å²) in [4.78, 5) is 20.7. The molecule has 8 nitrogen and oxygen atoms in total. The number of benzene rings is 1. The molecule has 0 unspecified atom stereocenters. The van der Waals surface area contributed by atoms with Crippen molar-refractivity contribution in [3.8, 4) is 17.4 Å². The summed E-state index contributed by atoms with van der Waals surface area (Å²) in [7, 11) is 0. The Morgan fingerprint density at radius 2 is 2.00 bits per heavy atom. The maximum absolute atomic E-state index is 12.1. The van der Waals surface area contributed by atoms with E-state index in [1.807, 2.05) is 6.07 Å². The predicted molar refractivity (Wildman–Crippen MR) is 105 cm³/mol. The van der Waals surface area contributed by atoms with Gasteiger partial charge >= 0.3 is 0 Å². The van der Waals surface area contributed by atoms with Crippen LogP contribution in [0.5, 0.6) is 11.6 Å². The summed E-state index contributed by atoms with van der Waals surface area (Å²) < 4.78 is 13.2. The van der Waals surface area contributed by atoms with Crippen molar-refractivity contribution in [3.63, 3.8) is 0 Å². The molecule has 3 heterocycles. The maximum Gasteiger partial charge on any atom is 0.291 e. The number of hydrogen-bond donors (Lipinski definition) is 1. The molecule has 4 rings (SSSR count). The summed E-state index contributed by atoms with van der Waals surface area (Å²) in [5.41, 5.74) is 0.612. The summed E-state index contributed by atoms with van der Waals surface area (Å²) in [6, 6.07) is 13.7. The molecule has 4 aromatic rings. The molecule has 0 atom stereocenters. The maximum atomic E-state index is 12.1. The molecule has 0 aliphatic rings. The van der Waals surface area contributed by atoms with Crippen LogP contribution >= 0.6 is 15.9 Å². The van der Waals surface area contributed by atoms with Gasteiger partial charge in [0.15, 0.2) is 16.2 Å². The van der Waals surface area contributed by atoms with E-state index in [0.29, 0.717) is 33.6 Å². The molecular formula is C19H14BrN5O3. The van der Waals surface area contributed by atoms with Crippen molar-refractivity contribution in [1.29, 1.82) is 0 Å². The van der Waals surface area contributed by atoms with E-state index < -0.39 is 0 Å². The number of carbonyl (C=O) groups excluding carboxylic acids is 1. The second-order valence-electron chi connectivity index (χ2n) is 5.75. The molecule has 0 saturated carbocycles. The van der Waals surface area contributed by atoms with Crippen LogP contribution in [0.4, 0.5) is 5.69 Å². The molecule has 0 spiro atoms. The minimum absolute atomic E-state index is 0.217. The van der Waals surface area contributed by atoms with Crippen molar-refractivity contribution in [2.45, 2.75) is 6.92 Å². The summed E-state index contributed by atoms with van der Waals surface area (Å²) in [5.74, 6) is 2.03. The topological polar surface area (TPSA) is 95.1 Å². The van der Waals surface area contributed by atoms with Crippen LogP contribution in [0.1, 0.15) is 16.4 Å². The second-order valence-corrected chi connectivity index (χ2v) is 6.53. The van der Waals surface area contributed by atoms with Crippen LogP contribution < -0.4 is 10.1 Å². The van der Waals surface area contributed by atoms with Gasteiger partial charge in [0.1, 0.15) is 11.6 Å². The van der Waals surface area contributed by atoms with Gasteiger partial charge < -0.3 is 14.5 Å². The van der Waals surface area contributed by atoms with E-state index in [4.69, 9.17) is 9.15 Å². The third-order valence-corrected chi connectivity index (χ3v) is 4.10. The Kier molecular flexibility index (Phi) is 4.90. The lowest BCUT2D eigenvalue weighted by atomic mass is 10.3. The molecule has 1 amide bonds. The van der Waals surface area contributed by atoms with E-state index in [2.05, 4.69) is 36.3 Å². The van der Waals surface area contributed by atoms with Gasteiger partial charge in [0.05, 0.1) is 0 Å². The molecule has 140 valence electrons. The first-order chi connectivity index (χ1) is 13.6. The SMILES string of the molecule is Cc1nc(Oc2ccc(NC(=O)c3ccc(Br)o3)cc2)cc(-n2cccn2)n1. The Balaban J connectivity index is 1.47. The largest absolute Gasteiger partial charge is 0.444 e. The van der Waals surface area contributed by atoms with Gasteiger partial charge in [-0.25, -0.2) is 9.67 Å². The van der Waals surface area contributed by atoms with Crippen molar-refractivity contribution < 1.29 is 13.9 Å². The van der Waals surface area contributed by atoms with E-state index in [1.54, 1.807) is 66.5 Å². The van der Waals surface area contributed by atoms with Crippen LogP contribution in [0, 0.1) is 6.92 Å². The highest BCUT2D eigenvalue weighted by Crippen LogP contribution is 2.23. The fourth-order valence-electron chi connectivity index (χ4n) is 2.46. The van der Waals surface area contributed by atoms with Gasteiger partial charge in [-0.1, -0.05) is 0 Å². The molecule has 0 bridgehead atoms. The van der Waals surface area contributed by atoms with Crippen LogP contribution in [-0.4, -0.2) is 25.7 Å². The fourth-order valence-corrected chi connectivity index (χ4v) is 2.76. The third-order valence-electron chi connectivity index (χ3n) is 3.67. The van der Waals surface area contributed by atoms with Gasteiger partial charge in [0.2, 0.25) is 5.88 Å².